The van der Waals surface area contributed by atoms with Gasteiger partial charge in [0.25, 0.3) is 5.91 Å². The smallest absolute Gasteiger partial charge is 0.276 e. The van der Waals surface area contributed by atoms with E-state index in [1.165, 1.54) is 17.3 Å². The van der Waals surface area contributed by atoms with E-state index in [1.807, 2.05) is 37.3 Å². The molecule has 0 heterocycles. The highest BCUT2D eigenvalue weighted by Crippen LogP contribution is 2.13. The van der Waals surface area contributed by atoms with Gasteiger partial charge in [0.15, 0.2) is 6.61 Å². The molecule has 7 heteroatoms. The largest absolute Gasteiger partial charge is 0.484 e. The number of amides is 2. The molecule has 6 nitrogen and oxygen atoms in total. The highest BCUT2D eigenvalue weighted by atomic mass is 32.2. The van der Waals surface area contributed by atoms with Gasteiger partial charge in [-0.2, -0.15) is 5.26 Å². The minimum atomic E-state index is -0.466. The molecule has 26 heavy (non-hydrogen) atoms. The second-order valence-corrected chi connectivity index (χ2v) is 6.49. The average Bonchev–Trinajstić information content (AvgIpc) is 2.66. The zero-order valence-electron chi connectivity index (χ0n) is 14.3. The molecule has 0 bridgehead atoms. The summed E-state index contributed by atoms with van der Waals surface area (Å²) in [4.78, 5) is 23.4. The van der Waals surface area contributed by atoms with Crippen LogP contribution in [-0.2, 0) is 15.3 Å². The van der Waals surface area contributed by atoms with Crippen molar-refractivity contribution in [2.24, 2.45) is 0 Å². The van der Waals surface area contributed by atoms with E-state index >= 15 is 0 Å². The minimum Gasteiger partial charge on any atom is -0.484 e. The molecule has 0 aliphatic carbocycles. The molecule has 2 aromatic carbocycles. The van der Waals surface area contributed by atoms with E-state index < -0.39 is 5.91 Å². The van der Waals surface area contributed by atoms with Crippen LogP contribution in [0.3, 0.4) is 0 Å². The minimum absolute atomic E-state index is 0.233. The van der Waals surface area contributed by atoms with Gasteiger partial charge in [0.05, 0.1) is 17.4 Å². The Bertz CT molecular complexity index is 783. The molecule has 0 radical (unpaired) electrons. The summed E-state index contributed by atoms with van der Waals surface area (Å²) < 4.78 is 5.27. The maximum absolute atomic E-state index is 11.7. The molecule has 0 unspecified atom stereocenters. The van der Waals surface area contributed by atoms with E-state index in [1.54, 1.807) is 24.3 Å². The Morgan fingerprint density at radius 3 is 2.35 bits per heavy atom. The molecule has 2 rings (SSSR count). The summed E-state index contributed by atoms with van der Waals surface area (Å²) in [6.45, 7) is 1.79. The second kappa shape index (κ2) is 10.1. The molecule has 134 valence electrons. The van der Waals surface area contributed by atoms with Gasteiger partial charge in [-0.1, -0.05) is 29.8 Å². The van der Waals surface area contributed by atoms with Crippen molar-refractivity contribution in [3.63, 3.8) is 0 Å². The average molecular weight is 369 g/mol. The van der Waals surface area contributed by atoms with Crippen LogP contribution in [0, 0.1) is 18.3 Å². The monoisotopic (exact) mass is 369 g/mol. The summed E-state index contributed by atoms with van der Waals surface area (Å²) in [5.41, 5.74) is 7.51. The van der Waals surface area contributed by atoms with Crippen molar-refractivity contribution in [2.45, 2.75) is 12.7 Å². The lowest BCUT2D eigenvalue weighted by atomic mass is 10.2. The number of carbonyl (C=O) groups excluding carboxylic acids is 2. The molecule has 0 aliphatic rings. The highest BCUT2D eigenvalue weighted by molar-refractivity contribution is 7.99. The molecule has 2 N–H and O–H groups in total. The Morgan fingerprint density at radius 2 is 1.69 bits per heavy atom. The van der Waals surface area contributed by atoms with Crippen molar-refractivity contribution in [2.75, 3.05) is 12.4 Å². The number of carbonyl (C=O) groups is 2. The molecule has 0 aliphatic heterocycles. The summed E-state index contributed by atoms with van der Waals surface area (Å²) in [5, 5.41) is 8.71. The number of rotatable bonds is 7. The van der Waals surface area contributed by atoms with Crippen molar-refractivity contribution in [3.05, 3.63) is 65.2 Å². The number of thioether (sulfide) groups is 1. The number of aryl methyl sites for hydroxylation is 1. The number of hydrogen-bond donors (Lipinski definition) is 2. The van der Waals surface area contributed by atoms with Crippen LogP contribution in [0.15, 0.2) is 48.5 Å². The molecule has 0 aromatic heterocycles. The maximum atomic E-state index is 11.7. The van der Waals surface area contributed by atoms with E-state index in [-0.39, 0.29) is 18.3 Å². The van der Waals surface area contributed by atoms with Crippen molar-refractivity contribution < 1.29 is 14.3 Å². The first-order valence-corrected chi connectivity index (χ1v) is 9.06. The lowest BCUT2D eigenvalue weighted by Gasteiger charge is -2.09. The van der Waals surface area contributed by atoms with Gasteiger partial charge in [0.2, 0.25) is 5.91 Å². The van der Waals surface area contributed by atoms with Crippen LogP contribution in [0.4, 0.5) is 0 Å². The zero-order valence-corrected chi connectivity index (χ0v) is 15.1. The van der Waals surface area contributed by atoms with E-state index in [9.17, 15) is 9.59 Å². The van der Waals surface area contributed by atoms with Gasteiger partial charge in [-0.3, -0.25) is 20.4 Å². The number of benzene rings is 2. The number of nitrogens with one attached hydrogen (secondary N) is 2. The van der Waals surface area contributed by atoms with Gasteiger partial charge in [-0.15, -0.1) is 11.8 Å². The predicted molar refractivity (Wildman–Crippen MR) is 100 cm³/mol. The third-order valence-corrected chi connectivity index (χ3v) is 4.32. The first-order chi connectivity index (χ1) is 12.6. The number of nitrogens with zero attached hydrogens (tertiary/aromatic N) is 1. The van der Waals surface area contributed by atoms with Crippen LogP contribution in [0.5, 0.6) is 5.75 Å². The molecule has 0 spiro atoms. The van der Waals surface area contributed by atoms with Gasteiger partial charge in [-0.05, 0) is 36.8 Å². The summed E-state index contributed by atoms with van der Waals surface area (Å²) in [6, 6.07) is 16.5. The Kier molecular flexibility index (Phi) is 7.52. The standard InChI is InChI=1S/C19H19N3O3S/c1-14-2-4-16(5-3-14)12-26-13-19(24)22-21-18(23)11-25-17-8-6-15(10-20)7-9-17/h2-9H,11-13H2,1H3,(H,21,23)(H,22,24). The van der Waals surface area contributed by atoms with E-state index in [2.05, 4.69) is 10.9 Å². The van der Waals surface area contributed by atoms with Crippen molar-refractivity contribution >= 4 is 23.6 Å². The van der Waals surface area contributed by atoms with Crippen LogP contribution in [0.25, 0.3) is 0 Å². The second-order valence-electron chi connectivity index (χ2n) is 5.50. The first-order valence-electron chi connectivity index (χ1n) is 7.91. The summed E-state index contributed by atoms with van der Waals surface area (Å²) >= 11 is 1.46. The van der Waals surface area contributed by atoms with Gasteiger partial charge in [-0.25, -0.2) is 0 Å². The van der Waals surface area contributed by atoms with E-state index in [0.717, 1.165) is 11.3 Å². The van der Waals surface area contributed by atoms with Crippen LogP contribution < -0.4 is 15.6 Å². The summed E-state index contributed by atoms with van der Waals surface area (Å²) in [5.74, 6) is 0.688. The van der Waals surface area contributed by atoms with Gasteiger partial charge < -0.3 is 4.74 Å². The van der Waals surface area contributed by atoms with Crippen LogP contribution >= 0.6 is 11.8 Å². The quantitative estimate of drug-likeness (QED) is 0.731. The number of hydrazine groups is 1. The fraction of sp³-hybridized carbons (Fsp3) is 0.211. The molecule has 0 atom stereocenters. The van der Waals surface area contributed by atoms with E-state index in [0.29, 0.717) is 11.3 Å². The molecule has 0 fully saturated rings. The third kappa shape index (κ3) is 6.87. The first kappa shape index (κ1) is 19.3. The lowest BCUT2D eigenvalue weighted by Crippen LogP contribution is -2.44. The molecule has 2 amide bonds. The summed E-state index contributed by atoms with van der Waals surface area (Å²) in [7, 11) is 0. The molecular formula is C19H19N3O3S. The number of nitriles is 1. The molecule has 0 saturated carbocycles. The zero-order chi connectivity index (χ0) is 18.8. The topological polar surface area (TPSA) is 91.2 Å². The normalized spacial score (nSPS) is 9.85. The summed E-state index contributed by atoms with van der Waals surface area (Å²) in [6.07, 6.45) is 0. The fourth-order valence-electron chi connectivity index (χ4n) is 1.93. The van der Waals surface area contributed by atoms with Crippen LogP contribution in [0.2, 0.25) is 0 Å². The highest BCUT2D eigenvalue weighted by Gasteiger charge is 2.06. The van der Waals surface area contributed by atoms with Crippen LogP contribution in [0.1, 0.15) is 16.7 Å². The van der Waals surface area contributed by atoms with Gasteiger partial charge in [0.1, 0.15) is 5.75 Å². The third-order valence-electron chi connectivity index (χ3n) is 3.32. The predicted octanol–water partition coefficient (Wildman–Crippen LogP) is 2.33. The maximum Gasteiger partial charge on any atom is 0.276 e. The molecule has 0 saturated heterocycles. The number of hydrogen-bond acceptors (Lipinski definition) is 5. The molecule has 2 aromatic rings. The van der Waals surface area contributed by atoms with Crippen molar-refractivity contribution in [3.8, 4) is 11.8 Å². The van der Waals surface area contributed by atoms with Crippen molar-refractivity contribution in [1.82, 2.24) is 10.9 Å². The Hall–Kier alpha value is -2.98. The van der Waals surface area contributed by atoms with Gasteiger partial charge >= 0.3 is 0 Å². The lowest BCUT2D eigenvalue weighted by molar-refractivity contribution is -0.128. The molecular weight excluding hydrogens is 350 g/mol. The van der Waals surface area contributed by atoms with E-state index in [4.69, 9.17) is 10.00 Å². The number of ether oxygens (including phenoxy) is 1. The van der Waals surface area contributed by atoms with Crippen molar-refractivity contribution in [1.29, 1.82) is 5.26 Å². The Labute approximate surface area is 156 Å². The Morgan fingerprint density at radius 1 is 1.04 bits per heavy atom. The Balaban J connectivity index is 1.61. The van der Waals surface area contributed by atoms with Gasteiger partial charge in [0, 0.05) is 5.75 Å². The van der Waals surface area contributed by atoms with Crippen LogP contribution in [-0.4, -0.2) is 24.2 Å². The SMILES string of the molecule is Cc1ccc(CSCC(=O)NNC(=O)COc2ccc(C#N)cc2)cc1. The fourth-order valence-corrected chi connectivity index (χ4v) is 2.72.